The van der Waals surface area contributed by atoms with E-state index in [1.807, 2.05) is 6.92 Å². The van der Waals surface area contributed by atoms with Crippen molar-refractivity contribution in [3.05, 3.63) is 63.1 Å². The number of nitro groups is 1. The number of nitro benzene ring substituents is 1. The van der Waals surface area contributed by atoms with E-state index in [1.54, 1.807) is 22.7 Å². The van der Waals surface area contributed by atoms with Crippen molar-refractivity contribution in [3.8, 4) is 5.75 Å². The number of carbonyl (C=O) groups is 1. The number of rotatable bonds is 5. The Bertz CT molecular complexity index is 1020. The van der Waals surface area contributed by atoms with E-state index in [0.717, 1.165) is 0 Å². The zero-order chi connectivity index (χ0) is 18.8. The van der Waals surface area contributed by atoms with Crippen molar-refractivity contribution in [3.63, 3.8) is 0 Å². The van der Waals surface area contributed by atoms with Gasteiger partial charge >= 0.3 is 5.69 Å². The normalized spacial score (nSPS) is 10.7. The molecule has 0 spiro atoms. The molecular formula is C17H15ClN4O4. The summed E-state index contributed by atoms with van der Waals surface area (Å²) in [4.78, 5) is 27.8. The summed E-state index contributed by atoms with van der Waals surface area (Å²) in [5.74, 6) is -0.320. The molecule has 1 amide bonds. The number of halogens is 1. The van der Waals surface area contributed by atoms with Crippen molar-refractivity contribution >= 4 is 34.5 Å². The largest absolute Gasteiger partial charge is 0.490 e. The van der Waals surface area contributed by atoms with Crippen LogP contribution in [0, 0.1) is 10.1 Å². The Balaban J connectivity index is 2.01. The highest BCUT2D eigenvalue weighted by atomic mass is 35.5. The van der Waals surface area contributed by atoms with Crippen LogP contribution < -0.4 is 10.1 Å². The van der Waals surface area contributed by atoms with Gasteiger partial charge in [-0.15, -0.1) is 0 Å². The van der Waals surface area contributed by atoms with Crippen LogP contribution in [0.3, 0.4) is 0 Å². The molecule has 0 radical (unpaired) electrons. The van der Waals surface area contributed by atoms with Gasteiger partial charge in [0.15, 0.2) is 5.75 Å². The molecule has 1 aromatic carbocycles. The molecule has 3 rings (SSSR count). The van der Waals surface area contributed by atoms with Gasteiger partial charge in [0.25, 0.3) is 5.91 Å². The first-order chi connectivity index (χ1) is 12.4. The number of pyridine rings is 1. The molecule has 3 aromatic rings. The molecule has 0 unspecified atom stereocenters. The molecule has 0 fully saturated rings. The summed E-state index contributed by atoms with van der Waals surface area (Å²) in [5.41, 5.74) is 1.58. The number of imidazole rings is 1. The van der Waals surface area contributed by atoms with Crippen LogP contribution in [0.5, 0.6) is 5.75 Å². The smallest absolute Gasteiger partial charge is 0.312 e. The summed E-state index contributed by atoms with van der Waals surface area (Å²) in [7, 11) is 1.34. The molecule has 0 aliphatic carbocycles. The number of aryl methyl sites for hydroxylation is 1. The minimum absolute atomic E-state index is 0.115. The molecule has 134 valence electrons. The fourth-order valence-electron chi connectivity index (χ4n) is 2.66. The second kappa shape index (κ2) is 7.01. The van der Waals surface area contributed by atoms with Gasteiger partial charge in [-0.3, -0.25) is 19.3 Å². The standard InChI is InChI=1S/C17H15ClN4O4/c1-3-12-16(21-9-10(18)4-7-15(21)20-12)17(23)19-11-5-6-14(26-2)13(8-11)22(24)25/h4-9H,3H2,1-2H3,(H,19,23). The van der Waals surface area contributed by atoms with E-state index in [9.17, 15) is 14.9 Å². The number of carbonyl (C=O) groups excluding carboxylic acids is 1. The second-order valence-electron chi connectivity index (χ2n) is 5.43. The van der Waals surface area contributed by atoms with Crippen LogP contribution in [0.4, 0.5) is 11.4 Å². The first kappa shape index (κ1) is 17.7. The summed E-state index contributed by atoms with van der Waals surface area (Å²) in [5, 5.41) is 14.3. The minimum atomic E-state index is -0.569. The van der Waals surface area contributed by atoms with Crippen LogP contribution in [-0.4, -0.2) is 27.3 Å². The summed E-state index contributed by atoms with van der Waals surface area (Å²) in [6.07, 6.45) is 2.15. The molecule has 0 saturated carbocycles. The molecule has 9 heteroatoms. The van der Waals surface area contributed by atoms with Crippen LogP contribution in [0.15, 0.2) is 36.5 Å². The highest BCUT2D eigenvalue weighted by molar-refractivity contribution is 6.30. The Morgan fingerprint density at radius 1 is 1.38 bits per heavy atom. The maximum absolute atomic E-state index is 12.8. The van der Waals surface area contributed by atoms with Crippen LogP contribution in [0.2, 0.25) is 5.02 Å². The molecule has 0 aliphatic heterocycles. The zero-order valence-corrected chi connectivity index (χ0v) is 14.8. The molecular weight excluding hydrogens is 360 g/mol. The number of anilines is 1. The van der Waals surface area contributed by atoms with Crippen molar-refractivity contribution in [1.82, 2.24) is 9.38 Å². The van der Waals surface area contributed by atoms with Crippen LogP contribution in [-0.2, 0) is 6.42 Å². The number of hydrogen-bond acceptors (Lipinski definition) is 5. The molecule has 0 atom stereocenters. The number of amides is 1. The maximum Gasteiger partial charge on any atom is 0.312 e. The second-order valence-corrected chi connectivity index (χ2v) is 5.87. The van der Waals surface area contributed by atoms with Gasteiger partial charge in [0.2, 0.25) is 0 Å². The topological polar surface area (TPSA) is 98.8 Å². The maximum atomic E-state index is 12.8. The van der Waals surface area contributed by atoms with Crippen LogP contribution in [0.25, 0.3) is 5.65 Å². The molecule has 1 N–H and O–H groups in total. The van der Waals surface area contributed by atoms with Gasteiger partial charge in [-0.2, -0.15) is 0 Å². The number of nitrogens with zero attached hydrogens (tertiary/aromatic N) is 3. The van der Waals surface area contributed by atoms with Gasteiger partial charge in [-0.05, 0) is 30.7 Å². The predicted molar refractivity (Wildman–Crippen MR) is 97.2 cm³/mol. The number of methoxy groups -OCH3 is 1. The van der Waals surface area contributed by atoms with Crippen LogP contribution >= 0.6 is 11.6 Å². The highest BCUT2D eigenvalue weighted by Gasteiger charge is 2.21. The third-order valence-electron chi connectivity index (χ3n) is 3.84. The van der Waals surface area contributed by atoms with Gasteiger partial charge in [0.05, 0.1) is 22.7 Å². The fourth-order valence-corrected chi connectivity index (χ4v) is 2.82. The first-order valence-corrected chi connectivity index (χ1v) is 8.12. The number of ether oxygens (including phenoxy) is 1. The lowest BCUT2D eigenvalue weighted by Gasteiger charge is -2.08. The highest BCUT2D eigenvalue weighted by Crippen LogP contribution is 2.30. The van der Waals surface area contributed by atoms with Crippen molar-refractivity contribution < 1.29 is 14.5 Å². The van der Waals surface area contributed by atoms with Gasteiger partial charge in [-0.1, -0.05) is 18.5 Å². The summed E-state index contributed by atoms with van der Waals surface area (Å²) >= 11 is 6.03. The van der Waals surface area contributed by atoms with Crippen molar-refractivity contribution in [2.45, 2.75) is 13.3 Å². The van der Waals surface area contributed by atoms with Crippen molar-refractivity contribution in [2.24, 2.45) is 0 Å². The van der Waals surface area contributed by atoms with Gasteiger partial charge in [0, 0.05) is 18.0 Å². The lowest BCUT2D eigenvalue weighted by atomic mass is 10.2. The summed E-state index contributed by atoms with van der Waals surface area (Å²) < 4.78 is 6.57. The molecule has 0 bridgehead atoms. The zero-order valence-electron chi connectivity index (χ0n) is 14.0. The van der Waals surface area contributed by atoms with Crippen molar-refractivity contribution in [1.29, 1.82) is 0 Å². The number of benzene rings is 1. The number of hydrogen-bond donors (Lipinski definition) is 1. The lowest BCUT2D eigenvalue weighted by Crippen LogP contribution is -2.16. The van der Waals surface area contributed by atoms with Gasteiger partial charge in [-0.25, -0.2) is 4.98 Å². The van der Waals surface area contributed by atoms with E-state index >= 15 is 0 Å². The SMILES string of the molecule is CCc1nc2ccc(Cl)cn2c1C(=O)Nc1ccc(OC)c([N+](=O)[O-])c1. The lowest BCUT2D eigenvalue weighted by molar-refractivity contribution is -0.385. The molecule has 0 saturated heterocycles. The molecule has 8 nitrogen and oxygen atoms in total. The van der Waals surface area contributed by atoms with E-state index in [1.165, 1.54) is 25.3 Å². The third-order valence-corrected chi connectivity index (χ3v) is 4.06. The van der Waals surface area contributed by atoms with Gasteiger partial charge in [0.1, 0.15) is 11.3 Å². The molecule has 26 heavy (non-hydrogen) atoms. The van der Waals surface area contributed by atoms with E-state index in [2.05, 4.69) is 10.3 Å². The number of nitrogens with one attached hydrogen (secondary N) is 1. The molecule has 0 aliphatic rings. The van der Waals surface area contributed by atoms with Gasteiger partial charge < -0.3 is 10.1 Å². The fraction of sp³-hybridized carbons (Fsp3) is 0.176. The Morgan fingerprint density at radius 2 is 2.15 bits per heavy atom. The average Bonchev–Trinajstić information content (AvgIpc) is 2.99. The monoisotopic (exact) mass is 374 g/mol. The summed E-state index contributed by atoms with van der Waals surface area (Å²) in [6, 6.07) is 7.62. The Morgan fingerprint density at radius 3 is 2.81 bits per heavy atom. The Kier molecular flexibility index (Phi) is 4.77. The van der Waals surface area contributed by atoms with E-state index in [-0.39, 0.29) is 17.1 Å². The summed E-state index contributed by atoms with van der Waals surface area (Å²) in [6.45, 7) is 1.89. The quantitative estimate of drug-likeness (QED) is 0.542. The van der Waals surface area contributed by atoms with Crippen molar-refractivity contribution in [2.75, 3.05) is 12.4 Å². The predicted octanol–water partition coefficient (Wildman–Crippen LogP) is 3.72. The van der Waals surface area contributed by atoms with Crippen LogP contribution in [0.1, 0.15) is 23.1 Å². The molecule has 2 aromatic heterocycles. The Labute approximate surface area is 153 Å². The average molecular weight is 375 g/mol. The van der Waals surface area contributed by atoms with E-state index in [0.29, 0.717) is 28.5 Å². The van der Waals surface area contributed by atoms with E-state index < -0.39 is 10.8 Å². The number of fused-ring (bicyclic) bond motifs is 1. The third kappa shape index (κ3) is 3.18. The number of aromatic nitrogens is 2. The minimum Gasteiger partial charge on any atom is -0.490 e. The van der Waals surface area contributed by atoms with E-state index in [4.69, 9.17) is 16.3 Å². The molecule has 2 heterocycles. The first-order valence-electron chi connectivity index (χ1n) is 7.74. The Hall–Kier alpha value is -3.13.